The van der Waals surface area contributed by atoms with Crippen LogP contribution >= 0.6 is 0 Å². The van der Waals surface area contributed by atoms with Gasteiger partial charge >= 0.3 is 6.03 Å². The predicted molar refractivity (Wildman–Crippen MR) is 91.5 cm³/mol. The fourth-order valence-corrected chi connectivity index (χ4v) is 3.81. The molecule has 4 nitrogen and oxygen atoms in total. The lowest BCUT2D eigenvalue weighted by Gasteiger charge is -2.20. The predicted octanol–water partition coefficient (Wildman–Crippen LogP) is 3.06. The van der Waals surface area contributed by atoms with Gasteiger partial charge in [0.15, 0.2) is 0 Å². The second-order valence-electron chi connectivity index (χ2n) is 6.45. The minimum Gasteiger partial charge on any atom is -0.343 e. The number of carbonyl (C=O) groups excluding carboxylic acids is 1. The highest BCUT2D eigenvalue weighted by Gasteiger charge is 2.22. The molecule has 4 rings (SSSR count). The molecule has 1 aromatic carbocycles. The number of aryl methyl sites for hydroxylation is 1. The number of nitrogens with zero attached hydrogens (tertiary/aromatic N) is 2. The van der Waals surface area contributed by atoms with Crippen molar-refractivity contribution < 1.29 is 4.79 Å². The van der Waals surface area contributed by atoms with Crippen LogP contribution < -0.4 is 5.32 Å². The highest BCUT2D eigenvalue weighted by Crippen LogP contribution is 2.31. The topological polar surface area (TPSA) is 37.3 Å². The first-order valence-corrected chi connectivity index (χ1v) is 8.62. The smallest absolute Gasteiger partial charge is 0.317 e. The van der Waals surface area contributed by atoms with Crippen LogP contribution in [0.3, 0.4) is 0 Å². The van der Waals surface area contributed by atoms with Crippen LogP contribution in [0.5, 0.6) is 0 Å². The first-order chi connectivity index (χ1) is 11.3. The molecule has 0 saturated carbocycles. The third-order valence-corrected chi connectivity index (χ3v) is 5.02. The van der Waals surface area contributed by atoms with Crippen LogP contribution in [-0.2, 0) is 19.4 Å². The Labute approximate surface area is 137 Å². The number of benzene rings is 1. The van der Waals surface area contributed by atoms with E-state index in [1.54, 1.807) is 0 Å². The lowest BCUT2D eigenvalue weighted by molar-refractivity contribution is 0.215. The van der Waals surface area contributed by atoms with Crippen LogP contribution in [0.4, 0.5) is 4.79 Å². The van der Waals surface area contributed by atoms with Gasteiger partial charge in [0.05, 0.1) is 0 Å². The van der Waals surface area contributed by atoms with Crippen molar-refractivity contribution in [3.63, 3.8) is 0 Å². The van der Waals surface area contributed by atoms with E-state index in [-0.39, 0.29) is 6.03 Å². The van der Waals surface area contributed by atoms with Crippen molar-refractivity contribution >= 4 is 6.03 Å². The van der Waals surface area contributed by atoms with E-state index >= 15 is 0 Å². The van der Waals surface area contributed by atoms with Gasteiger partial charge in [0.2, 0.25) is 0 Å². The summed E-state index contributed by atoms with van der Waals surface area (Å²) in [6, 6.07) is 13.1. The molecule has 1 fully saturated rings. The molecule has 23 heavy (non-hydrogen) atoms. The second-order valence-corrected chi connectivity index (χ2v) is 6.45. The van der Waals surface area contributed by atoms with Crippen molar-refractivity contribution in [1.82, 2.24) is 14.8 Å². The molecular formula is C19H23N3O. The van der Waals surface area contributed by atoms with E-state index in [2.05, 4.69) is 46.3 Å². The first kappa shape index (κ1) is 14.4. The van der Waals surface area contributed by atoms with Crippen LogP contribution in [-0.4, -0.2) is 35.1 Å². The number of fused-ring (bicyclic) bond motifs is 1. The molecule has 2 aromatic rings. The largest absolute Gasteiger partial charge is 0.343 e. The Bertz CT molecular complexity index is 705. The monoisotopic (exact) mass is 309 g/mol. The fourth-order valence-electron chi connectivity index (χ4n) is 3.81. The molecule has 1 saturated heterocycles. The van der Waals surface area contributed by atoms with Gasteiger partial charge < -0.3 is 14.8 Å². The summed E-state index contributed by atoms with van der Waals surface area (Å²) >= 11 is 0. The van der Waals surface area contributed by atoms with Crippen molar-refractivity contribution in [2.45, 2.75) is 32.2 Å². The number of rotatable bonds is 4. The van der Waals surface area contributed by atoms with Gasteiger partial charge in [0.1, 0.15) is 0 Å². The van der Waals surface area contributed by atoms with Crippen LogP contribution in [0, 0.1) is 0 Å². The number of urea groups is 1. The number of hydrogen-bond acceptors (Lipinski definition) is 1. The highest BCUT2D eigenvalue weighted by molar-refractivity contribution is 5.76. The van der Waals surface area contributed by atoms with E-state index in [4.69, 9.17) is 0 Å². The summed E-state index contributed by atoms with van der Waals surface area (Å²) in [7, 11) is 0. The Hall–Kier alpha value is -2.23. The van der Waals surface area contributed by atoms with Crippen molar-refractivity contribution in [3.05, 3.63) is 47.7 Å². The highest BCUT2D eigenvalue weighted by atomic mass is 16.2. The molecule has 1 aliphatic heterocycles. The molecular weight excluding hydrogens is 286 g/mol. The molecule has 120 valence electrons. The number of aromatic nitrogens is 1. The molecule has 2 heterocycles. The van der Waals surface area contributed by atoms with Gasteiger partial charge in [-0.05, 0) is 42.9 Å². The Morgan fingerprint density at radius 3 is 2.65 bits per heavy atom. The van der Waals surface area contributed by atoms with Gasteiger partial charge in [-0.25, -0.2) is 4.79 Å². The number of hydrogen-bond donors (Lipinski definition) is 1. The van der Waals surface area contributed by atoms with E-state index in [1.165, 1.54) is 41.8 Å². The number of carbonyl (C=O) groups is 1. The summed E-state index contributed by atoms with van der Waals surface area (Å²) in [5, 5.41) is 2.89. The zero-order valence-electron chi connectivity index (χ0n) is 13.4. The molecule has 2 aliphatic rings. The molecule has 2 amide bonds. The summed E-state index contributed by atoms with van der Waals surface area (Å²) in [5.74, 6) is 0. The Morgan fingerprint density at radius 2 is 1.87 bits per heavy atom. The zero-order valence-corrected chi connectivity index (χ0v) is 13.4. The lowest BCUT2D eigenvalue weighted by atomic mass is 9.98. The Kier molecular flexibility index (Phi) is 3.82. The quantitative estimate of drug-likeness (QED) is 0.926. The van der Waals surface area contributed by atoms with Gasteiger partial charge in [-0.1, -0.05) is 30.3 Å². The van der Waals surface area contributed by atoms with Crippen molar-refractivity contribution in [2.24, 2.45) is 0 Å². The van der Waals surface area contributed by atoms with E-state index in [9.17, 15) is 4.79 Å². The van der Waals surface area contributed by atoms with E-state index in [1.807, 2.05) is 4.90 Å². The number of amides is 2. The van der Waals surface area contributed by atoms with E-state index in [0.29, 0.717) is 0 Å². The number of nitrogens with one attached hydrogen (secondary N) is 1. The lowest BCUT2D eigenvalue weighted by Crippen LogP contribution is -2.31. The summed E-state index contributed by atoms with van der Waals surface area (Å²) in [6.07, 6.45) is 4.91. The van der Waals surface area contributed by atoms with Crippen LogP contribution in [0.2, 0.25) is 0 Å². The summed E-state index contributed by atoms with van der Waals surface area (Å²) in [5.41, 5.74) is 5.56. The SMILES string of the molecule is O=C1NCCN1CCn1c(-c2ccccc2)cc2c1CCCC2. The summed E-state index contributed by atoms with van der Waals surface area (Å²) < 4.78 is 2.45. The zero-order chi connectivity index (χ0) is 15.6. The van der Waals surface area contributed by atoms with Crippen molar-refractivity contribution in [3.8, 4) is 11.3 Å². The van der Waals surface area contributed by atoms with Crippen LogP contribution in [0.1, 0.15) is 24.1 Å². The molecule has 0 unspecified atom stereocenters. The van der Waals surface area contributed by atoms with Crippen LogP contribution in [0.15, 0.2) is 36.4 Å². The maximum Gasteiger partial charge on any atom is 0.317 e. The van der Waals surface area contributed by atoms with E-state index < -0.39 is 0 Å². The minimum absolute atomic E-state index is 0.0762. The third-order valence-electron chi connectivity index (χ3n) is 5.02. The van der Waals surface area contributed by atoms with Gasteiger partial charge in [0.25, 0.3) is 0 Å². The Balaban J connectivity index is 1.65. The molecule has 1 aromatic heterocycles. The Morgan fingerprint density at radius 1 is 1.04 bits per heavy atom. The first-order valence-electron chi connectivity index (χ1n) is 8.62. The second kappa shape index (κ2) is 6.11. The van der Waals surface area contributed by atoms with Gasteiger partial charge in [-0.3, -0.25) is 0 Å². The van der Waals surface area contributed by atoms with Crippen LogP contribution in [0.25, 0.3) is 11.3 Å². The summed E-state index contributed by atoms with van der Waals surface area (Å²) in [6.45, 7) is 3.26. The maximum atomic E-state index is 11.8. The molecule has 0 spiro atoms. The fraction of sp³-hybridized carbons (Fsp3) is 0.421. The molecule has 1 aliphatic carbocycles. The average Bonchev–Trinajstić information content (AvgIpc) is 3.17. The minimum atomic E-state index is 0.0762. The van der Waals surface area contributed by atoms with Crippen molar-refractivity contribution in [1.29, 1.82) is 0 Å². The third kappa shape index (κ3) is 2.74. The van der Waals surface area contributed by atoms with E-state index in [0.717, 1.165) is 32.6 Å². The maximum absolute atomic E-state index is 11.8. The van der Waals surface area contributed by atoms with Gasteiger partial charge in [0, 0.05) is 37.6 Å². The molecule has 1 N–H and O–H groups in total. The molecule has 0 radical (unpaired) electrons. The van der Waals surface area contributed by atoms with Crippen molar-refractivity contribution in [2.75, 3.05) is 19.6 Å². The summed E-state index contributed by atoms with van der Waals surface area (Å²) in [4.78, 5) is 13.7. The normalized spacial score (nSPS) is 17.2. The molecule has 0 bridgehead atoms. The molecule has 4 heteroatoms. The van der Waals surface area contributed by atoms with Gasteiger partial charge in [-0.15, -0.1) is 0 Å². The molecule has 0 atom stereocenters. The average molecular weight is 309 g/mol. The van der Waals surface area contributed by atoms with Gasteiger partial charge in [-0.2, -0.15) is 0 Å². The standard InChI is InChI=1S/C19H23N3O/c23-19-20-10-11-21(19)12-13-22-17-9-5-4-8-16(17)14-18(22)15-6-2-1-3-7-15/h1-3,6-7,14H,4-5,8-13H2,(H,20,23).